The van der Waals surface area contributed by atoms with E-state index in [0.717, 1.165) is 65.4 Å². The van der Waals surface area contributed by atoms with Gasteiger partial charge in [-0.3, -0.25) is 4.98 Å². The van der Waals surface area contributed by atoms with Crippen LogP contribution in [0.3, 0.4) is 0 Å². The van der Waals surface area contributed by atoms with E-state index in [-0.39, 0.29) is 0 Å². The van der Waals surface area contributed by atoms with Gasteiger partial charge in [0.05, 0.1) is 20.2 Å². The van der Waals surface area contributed by atoms with Crippen LogP contribution in [0.25, 0.3) is 22.4 Å². The van der Waals surface area contributed by atoms with E-state index in [0.29, 0.717) is 10.0 Å². The number of rotatable bonds is 0. The molecule has 44 heavy (non-hydrogen) atoms. The van der Waals surface area contributed by atoms with Gasteiger partial charge in [-0.05, 0) is 85.3 Å². The fourth-order valence-corrected chi connectivity index (χ4v) is 5.80. The highest BCUT2D eigenvalue weighted by atomic mass is 79.9. The van der Waals surface area contributed by atoms with Crippen LogP contribution < -0.4 is 20.4 Å². The van der Waals surface area contributed by atoms with Gasteiger partial charge in [-0.2, -0.15) is 0 Å². The summed E-state index contributed by atoms with van der Waals surface area (Å²) in [6.07, 6.45) is 3.25. The minimum Gasteiger partial charge on any atom is -0.458 e. The molecule has 4 aromatic carbocycles. The number of halogens is 4. The van der Waals surface area contributed by atoms with Crippen molar-refractivity contribution in [1.29, 1.82) is 0 Å². The summed E-state index contributed by atoms with van der Waals surface area (Å²) < 4.78 is 13.4. The molecule has 0 unspecified atom stereocenters. The topological polar surface area (TPSA) is 64.5 Å². The average Bonchev–Trinajstić information content (AvgIpc) is 3.18. The Kier molecular flexibility index (Phi) is 9.35. The molecule has 216 valence electrons. The second-order valence-corrected chi connectivity index (χ2v) is 12.1. The van der Waals surface area contributed by atoms with E-state index in [2.05, 4.69) is 41.8 Å². The van der Waals surface area contributed by atoms with Gasteiger partial charge in [0.15, 0.2) is 0 Å². The molecule has 6 aromatic rings. The number of hydrogen-bond acceptors (Lipinski definition) is 5. The zero-order valence-electron chi connectivity index (χ0n) is 22.8. The van der Waals surface area contributed by atoms with E-state index >= 15 is 0 Å². The Hall–Kier alpha value is -3.66. The van der Waals surface area contributed by atoms with Crippen molar-refractivity contribution in [2.75, 3.05) is 0 Å². The summed E-state index contributed by atoms with van der Waals surface area (Å²) in [6, 6.07) is 34.7. The van der Waals surface area contributed by atoms with Gasteiger partial charge in [-0.1, -0.05) is 89.9 Å². The minimum absolute atomic E-state index is 0.578. The third kappa shape index (κ3) is 6.55. The predicted octanol–water partition coefficient (Wildman–Crippen LogP) is 9.32. The van der Waals surface area contributed by atoms with Crippen molar-refractivity contribution in [1.82, 2.24) is 9.97 Å². The van der Waals surface area contributed by atoms with Crippen molar-refractivity contribution in [3.63, 3.8) is 0 Å². The Balaban J connectivity index is 0.000000126. The third-order valence-electron chi connectivity index (χ3n) is 6.80. The first kappa shape index (κ1) is 30.4. The number of benzene rings is 4. The van der Waals surface area contributed by atoms with Crippen LogP contribution >= 0.6 is 55.1 Å². The quantitative estimate of drug-likeness (QED) is 0.124. The highest BCUT2D eigenvalue weighted by molar-refractivity contribution is 9.13. The number of fused-ring (bicyclic) bond motifs is 7. The molecule has 5 nitrogen and oxygen atoms in total. The van der Waals surface area contributed by atoms with Crippen LogP contribution in [0.4, 0.5) is 0 Å². The van der Waals surface area contributed by atoms with Gasteiger partial charge in [-0.15, -0.1) is 0 Å². The van der Waals surface area contributed by atoms with E-state index in [1.165, 1.54) is 0 Å². The number of nitrogens with zero attached hydrogens (tertiary/aromatic N) is 2. The van der Waals surface area contributed by atoms with E-state index < -0.39 is 6.92 Å². The number of ether oxygens (including phenoxy) is 2. The SMILES string of the molecule is Clc1cnc(Br)c(Br)c1.Clc1cnc2c(c1)-c1ccccc1Oc1ccccc1-2.OB1c2ccccc2Oc2ccccc21. The Labute approximate surface area is 281 Å². The summed E-state index contributed by atoms with van der Waals surface area (Å²) in [7, 11) is 0. The molecule has 0 bridgehead atoms. The van der Waals surface area contributed by atoms with Gasteiger partial charge < -0.3 is 14.5 Å². The van der Waals surface area contributed by atoms with Crippen LogP contribution in [0.15, 0.2) is 131 Å². The Morgan fingerprint density at radius 3 is 1.66 bits per heavy atom. The van der Waals surface area contributed by atoms with E-state index in [1.807, 2.05) is 103 Å². The second-order valence-electron chi connectivity index (χ2n) is 9.65. The maximum Gasteiger partial charge on any atom is 0.366 e. The highest BCUT2D eigenvalue weighted by Gasteiger charge is 2.29. The molecule has 8 rings (SSSR count). The fraction of sp³-hybridized carbons (Fsp3) is 0. The second kappa shape index (κ2) is 13.5. The molecule has 0 atom stereocenters. The van der Waals surface area contributed by atoms with Crippen LogP contribution in [-0.2, 0) is 0 Å². The molecule has 2 aliphatic heterocycles. The summed E-state index contributed by atoms with van der Waals surface area (Å²) in [5.74, 6) is 3.11. The zero-order valence-corrected chi connectivity index (χ0v) is 27.5. The standard InChI is InChI=1S/C17H10ClNO.C12H9BO2.C5H2Br2ClN/c18-11-9-14-12-5-1-3-7-15(12)20-16-8-4-2-6-13(16)17(14)19-10-11;14-13-9-5-1-3-7-11(9)15-12-8-4-2-6-10(12)13;6-4-1-3(8)2-9-5(4)7/h1-10H;1-8,14H;1-2H. The molecule has 2 aromatic heterocycles. The van der Waals surface area contributed by atoms with E-state index in [9.17, 15) is 5.02 Å². The van der Waals surface area contributed by atoms with Gasteiger partial charge in [0.2, 0.25) is 0 Å². The van der Waals surface area contributed by atoms with Crippen molar-refractivity contribution in [3.8, 4) is 45.4 Å². The molecule has 0 radical (unpaired) electrons. The van der Waals surface area contributed by atoms with Crippen molar-refractivity contribution < 1.29 is 14.5 Å². The lowest BCUT2D eigenvalue weighted by Gasteiger charge is -2.21. The molecule has 0 aliphatic carbocycles. The molecular weight excluding hydrogens is 726 g/mol. The number of aromatic nitrogens is 2. The van der Waals surface area contributed by atoms with E-state index in [4.69, 9.17) is 32.7 Å². The smallest absolute Gasteiger partial charge is 0.366 e. The van der Waals surface area contributed by atoms with Crippen LogP contribution in [-0.4, -0.2) is 21.9 Å². The molecule has 1 N–H and O–H groups in total. The van der Waals surface area contributed by atoms with E-state index in [1.54, 1.807) is 18.5 Å². The van der Waals surface area contributed by atoms with Gasteiger partial charge >= 0.3 is 6.92 Å². The van der Waals surface area contributed by atoms with Crippen molar-refractivity contribution in [2.45, 2.75) is 0 Å². The number of para-hydroxylation sites is 4. The average molecular weight is 747 g/mol. The summed E-state index contributed by atoms with van der Waals surface area (Å²) in [5, 5.41) is 11.4. The van der Waals surface area contributed by atoms with Crippen LogP contribution in [0.2, 0.25) is 10.0 Å². The third-order valence-corrected chi connectivity index (χ3v) is 8.99. The molecular formula is C34H21BBr2Cl2N2O3. The monoisotopic (exact) mass is 744 g/mol. The van der Waals surface area contributed by atoms with Crippen LogP contribution in [0.1, 0.15) is 0 Å². The lowest BCUT2D eigenvalue weighted by atomic mass is 9.54. The molecule has 0 amide bonds. The van der Waals surface area contributed by atoms with Crippen LogP contribution in [0, 0.1) is 0 Å². The Morgan fingerprint density at radius 1 is 0.568 bits per heavy atom. The van der Waals surface area contributed by atoms with Gasteiger partial charge in [-0.25, -0.2) is 4.98 Å². The largest absolute Gasteiger partial charge is 0.458 e. The van der Waals surface area contributed by atoms with Gasteiger partial charge in [0, 0.05) is 29.1 Å². The Morgan fingerprint density at radius 2 is 1.05 bits per heavy atom. The summed E-state index contributed by atoms with van der Waals surface area (Å²) in [6.45, 7) is -0.578. The first-order chi connectivity index (χ1) is 21.4. The lowest BCUT2D eigenvalue weighted by Crippen LogP contribution is -2.46. The normalized spacial score (nSPS) is 11.6. The maximum atomic E-state index is 10.1. The Bertz CT molecular complexity index is 1930. The van der Waals surface area contributed by atoms with Crippen molar-refractivity contribution >= 4 is 72.9 Å². The van der Waals surface area contributed by atoms with Gasteiger partial charge in [0.1, 0.15) is 27.6 Å². The first-order valence-corrected chi connectivity index (χ1v) is 15.8. The number of pyridine rings is 2. The molecule has 0 fully saturated rings. The summed E-state index contributed by atoms with van der Waals surface area (Å²) in [5.41, 5.74) is 5.55. The van der Waals surface area contributed by atoms with Gasteiger partial charge in [0.25, 0.3) is 0 Å². The first-order valence-electron chi connectivity index (χ1n) is 13.4. The minimum atomic E-state index is -0.578. The predicted molar refractivity (Wildman–Crippen MR) is 185 cm³/mol. The summed E-state index contributed by atoms with van der Waals surface area (Å²) in [4.78, 5) is 8.42. The van der Waals surface area contributed by atoms with Crippen molar-refractivity contribution in [2.24, 2.45) is 0 Å². The molecule has 10 heteroatoms. The van der Waals surface area contributed by atoms with Crippen molar-refractivity contribution in [3.05, 3.63) is 141 Å². The van der Waals surface area contributed by atoms with Crippen LogP contribution in [0.5, 0.6) is 23.0 Å². The maximum absolute atomic E-state index is 10.1. The molecule has 0 saturated carbocycles. The molecule has 4 heterocycles. The zero-order chi connectivity index (χ0) is 30.6. The molecule has 0 saturated heterocycles. The highest BCUT2D eigenvalue weighted by Crippen LogP contribution is 2.45. The fourth-order valence-electron chi connectivity index (χ4n) is 4.79. The number of hydrogen-bond donors (Lipinski definition) is 1. The summed E-state index contributed by atoms with van der Waals surface area (Å²) >= 11 is 18.2. The molecule has 2 aliphatic rings. The molecule has 0 spiro atoms. The lowest BCUT2D eigenvalue weighted by molar-refractivity contribution is 0.480.